The Labute approximate surface area is 116 Å². The second-order valence-electron chi connectivity index (χ2n) is 4.24. The van der Waals surface area contributed by atoms with Gasteiger partial charge in [0.2, 0.25) is 0 Å². The number of hydrogen-bond donors (Lipinski definition) is 2. The number of carbonyl (C=O) groups excluding carboxylic acids is 1. The average Bonchev–Trinajstić information content (AvgIpc) is 2.89. The first-order valence-corrected chi connectivity index (χ1v) is 7.70. The molecule has 0 aliphatic heterocycles. The zero-order valence-electron chi connectivity index (χ0n) is 10.8. The summed E-state index contributed by atoms with van der Waals surface area (Å²) in [7, 11) is -3.29. The Kier molecular flexibility index (Phi) is 4.09. The molecule has 2 rings (SSSR count). The van der Waals surface area contributed by atoms with Gasteiger partial charge in [0, 0.05) is 24.1 Å². The molecule has 1 heterocycles. The van der Waals surface area contributed by atoms with Crippen molar-refractivity contribution in [2.24, 2.45) is 0 Å². The highest BCUT2D eigenvalue weighted by Gasteiger charge is 2.08. The number of sulfone groups is 1. The topological polar surface area (TPSA) is 88.4 Å². The number of carbonyl (C=O) groups is 1. The Bertz CT molecular complexity index is 693. The van der Waals surface area contributed by atoms with Gasteiger partial charge < -0.3 is 15.1 Å². The second-order valence-corrected chi connectivity index (χ2v) is 6.26. The van der Waals surface area contributed by atoms with Crippen molar-refractivity contribution in [3.8, 4) is 0 Å². The third-order valence-corrected chi connectivity index (χ3v) is 3.66. The van der Waals surface area contributed by atoms with Crippen LogP contribution >= 0.6 is 0 Å². The Morgan fingerprint density at radius 1 is 1.30 bits per heavy atom. The molecule has 0 saturated carbocycles. The third-order valence-electron chi connectivity index (χ3n) is 2.55. The van der Waals surface area contributed by atoms with Crippen molar-refractivity contribution in [2.45, 2.75) is 11.4 Å². The van der Waals surface area contributed by atoms with Crippen molar-refractivity contribution in [3.63, 3.8) is 0 Å². The van der Waals surface area contributed by atoms with Crippen LogP contribution in [0.1, 0.15) is 5.56 Å². The molecule has 0 bridgehead atoms. The summed E-state index contributed by atoms with van der Waals surface area (Å²) in [5.41, 5.74) is 1.25. The molecular formula is C13H14N2O4S. The van der Waals surface area contributed by atoms with Gasteiger partial charge >= 0.3 is 6.03 Å². The average molecular weight is 294 g/mol. The normalized spacial score (nSPS) is 11.1. The van der Waals surface area contributed by atoms with Gasteiger partial charge in [-0.25, -0.2) is 13.2 Å². The van der Waals surface area contributed by atoms with Gasteiger partial charge in [-0.3, -0.25) is 0 Å². The van der Waals surface area contributed by atoms with E-state index in [9.17, 15) is 13.2 Å². The molecule has 2 aromatic rings. The molecule has 0 radical (unpaired) electrons. The van der Waals surface area contributed by atoms with Crippen molar-refractivity contribution in [1.29, 1.82) is 0 Å². The summed E-state index contributed by atoms with van der Waals surface area (Å²) >= 11 is 0. The van der Waals surface area contributed by atoms with Crippen LogP contribution in [0.15, 0.2) is 52.2 Å². The van der Waals surface area contributed by atoms with E-state index in [4.69, 9.17) is 4.42 Å². The highest BCUT2D eigenvalue weighted by molar-refractivity contribution is 7.90. The van der Waals surface area contributed by atoms with Crippen molar-refractivity contribution in [1.82, 2.24) is 5.32 Å². The lowest BCUT2D eigenvalue weighted by molar-refractivity contribution is 0.251. The van der Waals surface area contributed by atoms with E-state index in [1.807, 2.05) is 0 Å². The number of urea groups is 1. The van der Waals surface area contributed by atoms with Gasteiger partial charge in [0.15, 0.2) is 9.84 Å². The number of hydrogen-bond acceptors (Lipinski definition) is 4. The first-order valence-electron chi connectivity index (χ1n) is 5.81. The number of rotatable bonds is 4. The number of nitrogens with one attached hydrogen (secondary N) is 2. The molecule has 2 amide bonds. The summed E-state index contributed by atoms with van der Waals surface area (Å²) in [5.74, 6) is 0. The predicted octanol–water partition coefficient (Wildman–Crippen LogP) is 2.00. The molecular weight excluding hydrogens is 280 g/mol. The largest absolute Gasteiger partial charge is 0.472 e. The first-order chi connectivity index (χ1) is 9.45. The highest BCUT2D eigenvalue weighted by Crippen LogP contribution is 2.15. The van der Waals surface area contributed by atoms with Gasteiger partial charge in [0.1, 0.15) is 0 Å². The van der Waals surface area contributed by atoms with Crippen LogP contribution in [0, 0.1) is 0 Å². The molecule has 0 fully saturated rings. The van der Waals surface area contributed by atoms with Crippen LogP contribution in [0.25, 0.3) is 0 Å². The Morgan fingerprint density at radius 3 is 2.75 bits per heavy atom. The maximum absolute atomic E-state index is 11.7. The molecule has 0 aliphatic carbocycles. The molecule has 2 N–H and O–H groups in total. The molecule has 20 heavy (non-hydrogen) atoms. The van der Waals surface area contributed by atoms with Gasteiger partial charge in [0.25, 0.3) is 0 Å². The number of benzene rings is 1. The maximum Gasteiger partial charge on any atom is 0.319 e. The monoisotopic (exact) mass is 294 g/mol. The summed E-state index contributed by atoms with van der Waals surface area (Å²) in [6.07, 6.45) is 4.17. The lowest BCUT2D eigenvalue weighted by atomic mass is 10.3. The van der Waals surface area contributed by atoms with Crippen LogP contribution in [0.2, 0.25) is 0 Å². The van der Waals surface area contributed by atoms with E-state index in [1.54, 1.807) is 18.2 Å². The van der Waals surface area contributed by atoms with Crippen LogP contribution in [0.5, 0.6) is 0 Å². The zero-order valence-corrected chi connectivity index (χ0v) is 11.6. The minimum atomic E-state index is -3.29. The minimum absolute atomic E-state index is 0.158. The molecule has 6 nitrogen and oxygen atoms in total. The summed E-state index contributed by atoms with van der Waals surface area (Å²) in [4.78, 5) is 11.8. The molecule has 1 aromatic heterocycles. The standard InChI is InChI=1S/C13H14N2O4S/c1-20(17,18)12-4-2-3-11(7-12)15-13(16)14-8-10-5-6-19-9-10/h2-7,9H,8H2,1H3,(H2,14,15,16). The number of furan rings is 1. The van der Waals surface area contributed by atoms with Crippen LogP contribution in [0.4, 0.5) is 10.5 Å². The molecule has 0 saturated heterocycles. The molecule has 0 atom stereocenters. The minimum Gasteiger partial charge on any atom is -0.472 e. The van der Waals surface area contributed by atoms with Crippen molar-refractivity contribution >= 4 is 21.6 Å². The van der Waals surface area contributed by atoms with Crippen LogP contribution < -0.4 is 10.6 Å². The summed E-state index contributed by atoms with van der Waals surface area (Å²) in [6.45, 7) is 0.327. The number of anilines is 1. The second kappa shape index (κ2) is 5.79. The Hall–Kier alpha value is -2.28. The lowest BCUT2D eigenvalue weighted by Crippen LogP contribution is -2.28. The van der Waals surface area contributed by atoms with Crippen molar-refractivity contribution < 1.29 is 17.6 Å². The van der Waals surface area contributed by atoms with E-state index in [1.165, 1.54) is 24.7 Å². The predicted molar refractivity (Wildman–Crippen MR) is 74.1 cm³/mol. The highest BCUT2D eigenvalue weighted by atomic mass is 32.2. The van der Waals surface area contributed by atoms with Crippen LogP contribution in [0.3, 0.4) is 0 Å². The van der Waals surface area contributed by atoms with Crippen molar-refractivity contribution in [3.05, 3.63) is 48.4 Å². The molecule has 0 spiro atoms. The lowest BCUT2D eigenvalue weighted by Gasteiger charge is -2.07. The first kappa shape index (κ1) is 14.1. The van der Waals surface area contributed by atoms with Gasteiger partial charge in [0.05, 0.1) is 17.4 Å². The maximum atomic E-state index is 11.7. The van der Waals surface area contributed by atoms with E-state index in [0.29, 0.717) is 12.2 Å². The van der Waals surface area contributed by atoms with E-state index in [0.717, 1.165) is 11.8 Å². The summed E-state index contributed by atoms with van der Waals surface area (Å²) in [5, 5.41) is 5.20. The fourth-order valence-corrected chi connectivity index (χ4v) is 2.22. The number of amides is 2. The summed E-state index contributed by atoms with van der Waals surface area (Å²) in [6, 6.07) is 7.40. The Morgan fingerprint density at radius 2 is 2.10 bits per heavy atom. The zero-order chi connectivity index (χ0) is 14.6. The van der Waals surface area contributed by atoms with E-state index >= 15 is 0 Å². The van der Waals surface area contributed by atoms with Crippen molar-refractivity contribution in [2.75, 3.05) is 11.6 Å². The SMILES string of the molecule is CS(=O)(=O)c1cccc(NC(=O)NCc2ccoc2)c1. The van der Waals surface area contributed by atoms with Gasteiger partial charge in [-0.1, -0.05) is 6.07 Å². The van der Waals surface area contributed by atoms with Crippen LogP contribution in [-0.2, 0) is 16.4 Å². The summed E-state index contributed by atoms with van der Waals surface area (Å²) < 4.78 is 27.7. The molecule has 106 valence electrons. The van der Waals surface area contributed by atoms with E-state index in [2.05, 4.69) is 10.6 Å². The third kappa shape index (κ3) is 3.86. The van der Waals surface area contributed by atoms with Crippen LogP contribution in [-0.4, -0.2) is 20.7 Å². The van der Waals surface area contributed by atoms with E-state index < -0.39 is 15.9 Å². The van der Waals surface area contributed by atoms with E-state index in [-0.39, 0.29) is 4.90 Å². The molecule has 1 aromatic carbocycles. The van der Waals surface area contributed by atoms with Gasteiger partial charge in [-0.15, -0.1) is 0 Å². The smallest absolute Gasteiger partial charge is 0.319 e. The quantitative estimate of drug-likeness (QED) is 0.902. The molecule has 0 aliphatic rings. The van der Waals surface area contributed by atoms with Gasteiger partial charge in [-0.2, -0.15) is 0 Å². The molecule has 7 heteroatoms. The fraction of sp³-hybridized carbons (Fsp3) is 0.154. The Balaban J connectivity index is 1.97. The van der Waals surface area contributed by atoms with Gasteiger partial charge in [-0.05, 0) is 24.3 Å². The fourth-order valence-electron chi connectivity index (χ4n) is 1.56. The molecule has 0 unspecified atom stereocenters.